The van der Waals surface area contributed by atoms with E-state index in [-0.39, 0.29) is 11.1 Å². The van der Waals surface area contributed by atoms with Crippen molar-refractivity contribution in [3.05, 3.63) is 73.3 Å². The standard InChI is InChI=1S/C22H30O2Si/c1-6-19(23)17-18(2)24-25(22(3,4)5,20-13-9-7-10-14-20)21-15-11-8-12-16-21/h6-16,18-19,23H,1,17H2,2-5H3/t18-,19+/m1/s1. The average molecular weight is 355 g/mol. The molecule has 2 aromatic carbocycles. The zero-order chi connectivity index (χ0) is 18.5. The van der Waals surface area contributed by atoms with Crippen molar-refractivity contribution < 1.29 is 9.53 Å². The van der Waals surface area contributed by atoms with Gasteiger partial charge in [-0.25, -0.2) is 0 Å². The molecule has 2 rings (SSSR count). The molecule has 0 fully saturated rings. The zero-order valence-corrected chi connectivity index (χ0v) is 16.8. The molecule has 3 heteroatoms. The van der Waals surface area contributed by atoms with Gasteiger partial charge in [0.1, 0.15) is 0 Å². The largest absolute Gasteiger partial charge is 0.405 e. The van der Waals surface area contributed by atoms with Crippen LogP contribution in [0.3, 0.4) is 0 Å². The quantitative estimate of drug-likeness (QED) is 0.604. The molecule has 0 aromatic heterocycles. The van der Waals surface area contributed by atoms with E-state index in [4.69, 9.17) is 4.43 Å². The minimum Gasteiger partial charge on any atom is -0.405 e. The van der Waals surface area contributed by atoms with Crippen molar-refractivity contribution in [3.8, 4) is 0 Å². The molecule has 0 heterocycles. The second kappa shape index (κ2) is 8.13. The Morgan fingerprint density at radius 3 is 1.80 bits per heavy atom. The third kappa shape index (κ3) is 4.29. The van der Waals surface area contributed by atoms with Crippen molar-refractivity contribution in [2.45, 2.75) is 51.4 Å². The molecule has 2 nitrogen and oxygen atoms in total. The molecule has 0 aliphatic carbocycles. The van der Waals surface area contributed by atoms with Crippen LogP contribution in [0.1, 0.15) is 34.1 Å². The summed E-state index contributed by atoms with van der Waals surface area (Å²) in [6, 6.07) is 21.1. The molecule has 0 unspecified atom stereocenters. The molecule has 134 valence electrons. The van der Waals surface area contributed by atoms with Crippen LogP contribution in [0.15, 0.2) is 73.3 Å². The van der Waals surface area contributed by atoms with Crippen LogP contribution >= 0.6 is 0 Å². The molecule has 0 aliphatic rings. The highest BCUT2D eigenvalue weighted by atomic mass is 28.4. The molecule has 25 heavy (non-hydrogen) atoms. The van der Waals surface area contributed by atoms with Crippen molar-refractivity contribution in [1.29, 1.82) is 0 Å². The number of hydrogen-bond donors (Lipinski definition) is 1. The number of aliphatic hydroxyl groups excluding tert-OH is 1. The van der Waals surface area contributed by atoms with Gasteiger partial charge in [0.25, 0.3) is 8.32 Å². The monoisotopic (exact) mass is 354 g/mol. The molecule has 0 saturated heterocycles. The highest BCUT2D eigenvalue weighted by molar-refractivity contribution is 6.99. The van der Waals surface area contributed by atoms with E-state index in [0.717, 1.165) is 0 Å². The number of hydrogen-bond acceptors (Lipinski definition) is 2. The van der Waals surface area contributed by atoms with Gasteiger partial charge in [-0.3, -0.25) is 0 Å². The lowest BCUT2D eigenvalue weighted by atomic mass is 10.2. The van der Waals surface area contributed by atoms with Crippen LogP contribution in [-0.4, -0.2) is 25.6 Å². The Balaban J connectivity index is 2.58. The minimum atomic E-state index is -2.54. The van der Waals surface area contributed by atoms with Gasteiger partial charge < -0.3 is 9.53 Å². The van der Waals surface area contributed by atoms with Crippen LogP contribution in [0.25, 0.3) is 0 Å². The Morgan fingerprint density at radius 1 is 1.00 bits per heavy atom. The van der Waals surface area contributed by atoms with Gasteiger partial charge in [0, 0.05) is 12.5 Å². The van der Waals surface area contributed by atoms with E-state index in [1.165, 1.54) is 10.4 Å². The fraction of sp³-hybridized carbons (Fsp3) is 0.364. The molecule has 0 saturated carbocycles. The van der Waals surface area contributed by atoms with Crippen molar-refractivity contribution in [1.82, 2.24) is 0 Å². The van der Waals surface area contributed by atoms with Gasteiger partial charge >= 0.3 is 0 Å². The van der Waals surface area contributed by atoms with E-state index in [1.54, 1.807) is 6.08 Å². The van der Waals surface area contributed by atoms with Gasteiger partial charge in [0.15, 0.2) is 0 Å². The number of benzene rings is 2. The fourth-order valence-corrected chi connectivity index (χ4v) is 8.19. The maximum atomic E-state index is 9.99. The summed E-state index contributed by atoms with van der Waals surface area (Å²) in [5, 5.41) is 12.5. The minimum absolute atomic E-state index is 0.0525. The van der Waals surface area contributed by atoms with Crippen LogP contribution in [0, 0.1) is 0 Å². The Hall–Kier alpha value is -1.68. The summed E-state index contributed by atoms with van der Waals surface area (Å²) in [5.74, 6) is 0. The van der Waals surface area contributed by atoms with Crippen LogP contribution < -0.4 is 10.4 Å². The van der Waals surface area contributed by atoms with Gasteiger partial charge in [0.05, 0.1) is 6.10 Å². The maximum absolute atomic E-state index is 9.99. The molecule has 2 aromatic rings. The van der Waals surface area contributed by atoms with Gasteiger partial charge in [-0.2, -0.15) is 0 Å². The summed E-state index contributed by atoms with van der Waals surface area (Å²) in [4.78, 5) is 0. The topological polar surface area (TPSA) is 29.5 Å². The van der Waals surface area contributed by atoms with Crippen molar-refractivity contribution in [2.24, 2.45) is 0 Å². The summed E-state index contributed by atoms with van der Waals surface area (Å²) < 4.78 is 6.88. The maximum Gasteiger partial charge on any atom is 0.261 e. The predicted molar refractivity (Wildman–Crippen MR) is 109 cm³/mol. The van der Waals surface area contributed by atoms with E-state index in [0.29, 0.717) is 6.42 Å². The second-order valence-corrected chi connectivity index (χ2v) is 11.9. The Morgan fingerprint density at radius 2 is 1.44 bits per heavy atom. The lowest BCUT2D eigenvalue weighted by Gasteiger charge is -2.44. The van der Waals surface area contributed by atoms with Crippen molar-refractivity contribution in [3.63, 3.8) is 0 Å². The molecule has 2 atom stereocenters. The highest BCUT2D eigenvalue weighted by Crippen LogP contribution is 2.37. The van der Waals surface area contributed by atoms with Crippen LogP contribution in [0.5, 0.6) is 0 Å². The van der Waals surface area contributed by atoms with Gasteiger partial charge in [-0.1, -0.05) is 87.5 Å². The smallest absolute Gasteiger partial charge is 0.261 e. The normalized spacial score (nSPS) is 14.8. The van der Waals surface area contributed by atoms with E-state index >= 15 is 0 Å². The molecule has 0 radical (unpaired) electrons. The number of aliphatic hydroxyl groups is 1. The average Bonchev–Trinajstić information content (AvgIpc) is 2.60. The van der Waals surface area contributed by atoms with E-state index in [2.05, 4.69) is 75.9 Å². The number of rotatable bonds is 7. The van der Waals surface area contributed by atoms with Crippen LogP contribution in [0.2, 0.25) is 5.04 Å². The van der Waals surface area contributed by atoms with E-state index < -0.39 is 14.4 Å². The lowest BCUT2D eigenvalue weighted by molar-refractivity contribution is 0.125. The third-order valence-electron chi connectivity index (χ3n) is 4.64. The summed E-state index contributed by atoms with van der Waals surface area (Å²) >= 11 is 0. The molecule has 0 spiro atoms. The lowest BCUT2D eigenvalue weighted by Crippen LogP contribution is -2.67. The first-order chi connectivity index (χ1) is 11.8. The Kier molecular flexibility index (Phi) is 6.39. The third-order valence-corrected chi connectivity index (χ3v) is 9.80. The zero-order valence-electron chi connectivity index (χ0n) is 15.8. The van der Waals surface area contributed by atoms with Crippen LogP contribution in [0.4, 0.5) is 0 Å². The van der Waals surface area contributed by atoms with Crippen molar-refractivity contribution in [2.75, 3.05) is 0 Å². The summed E-state index contributed by atoms with van der Waals surface area (Å²) in [6.07, 6.45) is 1.51. The van der Waals surface area contributed by atoms with E-state index in [9.17, 15) is 5.11 Å². The fourth-order valence-electron chi connectivity index (χ4n) is 3.48. The highest BCUT2D eigenvalue weighted by Gasteiger charge is 2.50. The molecular weight excluding hydrogens is 324 g/mol. The predicted octanol–water partition coefficient (Wildman–Crippen LogP) is 3.89. The summed E-state index contributed by atoms with van der Waals surface area (Å²) in [5.41, 5.74) is 0. The molecule has 0 bridgehead atoms. The SMILES string of the molecule is C=C[C@H](O)C[C@@H](C)O[Si](c1ccccc1)(c1ccccc1)C(C)(C)C. The first-order valence-corrected chi connectivity index (χ1v) is 10.8. The molecule has 0 aliphatic heterocycles. The first-order valence-electron chi connectivity index (χ1n) is 8.90. The molecular formula is C22H30O2Si. The Bertz CT molecular complexity index is 622. The van der Waals surface area contributed by atoms with Gasteiger partial charge in [-0.15, -0.1) is 6.58 Å². The van der Waals surface area contributed by atoms with Gasteiger partial charge in [-0.05, 0) is 22.3 Å². The second-order valence-electron chi connectivity index (χ2n) is 7.63. The Labute approximate surface area is 153 Å². The van der Waals surface area contributed by atoms with Gasteiger partial charge in [0.2, 0.25) is 0 Å². The van der Waals surface area contributed by atoms with E-state index in [1.807, 2.05) is 19.1 Å². The molecule has 0 amide bonds. The van der Waals surface area contributed by atoms with Crippen molar-refractivity contribution >= 4 is 18.7 Å². The first kappa shape index (κ1) is 19.6. The molecule has 1 N–H and O–H groups in total. The summed E-state index contributed by atoms with van der Waals surface area (Å²) in [6.45, 7) is 12.5. The van der Waals surface area contributed by atoms with Crippen LogP contribution in [-0.2, 0) is 4.43 Å². The summed E-state index contributed by atoms with van der Waals surface area (Å²) in [7, 11) is -2.54.